The van der Waals surface area contributed by atoms with Gasteiger partial charge in [0, 0.05) is 33.5 Å². The lowest BCUT2D eigenvalue weighted by atomic mass is 10.1. The second kappa shape index (κ2) is 7.26. The van der Waals surface area contributed by atoms with Crippen LogP contribution in [-0.4, -0.2) is 53.9 Å². The van der Waals surface area contributed by atoms with Crippen LogP contribution in [0.4, 0.5) is 4.79 Å². The maximum atomic E-state index is 11.9. The Bertz CT molecular complexity index is 374. The zero-order chi connectivity index (χ0) is 16.1. The van der Waals surface area contributed by atoms with Gasteiger partial charge < -0.3 is 9.64 Å². The van der Waals surface area contributed by atoms with Crippen LogP contribution in [0.2, 0.25) is 0 Å². The van der Waals surface area contributed by atoms with Gasteiger partial charge in [0.2, 0.25) is 11.8 Å². The molecule has 0 aliphatic carbocycles. The van der Waals surface area contributed by atoms with Crippen LogP contribution in [0.1, 0.15) is 41.0 Å². The van der Waals surface area contributed by atoms with E-state index in [4.69, 9.17) is 4.74 Å². The number of ether oxygens (including phenoxy) is 1. The molecule has 0 spiro atoms. The fourth-order valence-corrected chi connectivity index (χ4v) is 1.43. The van der Waals surface area contributed by atoms with E-state index in [2.05, 4.69) is 0 Å². The predicted octanol–water partition coefficient (Wildman–Crippen LogP) is 1.88. The second-order valence-electron chi connectivity index (χ2n) is 6.01. The highest BCUT2D eigenvalue weighted by atomic mass is 16.6. The number of amides is 3. The summed E-state index contributed by atoms with van der Waals surface area (Å²) in [6.45, 7) is 8.88. The van der Waals surface area contributed by atoms with Gasteiger partial charge in [0.05, 0.1) is 0 Å². The van der Waals surface area contributed by atoms with Crippen LogP contribution < -0.4 is 0 Å². The Kier molecular flexibility index (Phi) is 6.68. The molecule has 1 unspecified atom stereocenters. The molecule has 0 aliphatic rings. The predicted molar refractivity (Wildman–Crippen MR) is 76.1 cm³/mol. The highest BCUT2D eigenvalue weighted by Crippen LogP contribution is 2.11. The van der Waals surface area contributed by atoms with Crippen LogP contribution in [0.5, 0.6) is 0 Å². The van der Waals surface area contributed by atoms with E-state index in [0.717, 1.165) is 4.90 Å². The SMILES string of the molecule is CC(=O)N(C)C(=O)C(C)CCN(C)C(=O)OC(C)(C)C. The van der Waals surface area contributed by atoms with E-state index in [1.807, 2.05) is 0 Å². The Labute approximate surface area is 121 Å². The molecule has 0 fully saturated rings. The van der Waals surface area contributed by atoms with Gasteiger partial charge in [-0.25, -0.2) is 4.79 Å². The Morgan fingerprint density at radius 3 is 2.05 bits per heavy atom. The molecule has 0 aromatic carbocycles. The molecule has 0 N–H and O–H groups in total. The summed E-state index contributed by atoms with van der Waals surface area (Å²) in [6.07, 6.45) is 0.0590. The minimum atomic E-state index is -0.540. The van der Waals surface area contributed by atoms with Crippen LogP contribution in [0, 0.1) is 5.92 Å². The Morgan fingerprint density at radius 1 is 1.15 bits per heavy atom. The fourth-order valence-electron chi connectivity index (χ4n) is 1.43. The van der Waals surface area contributed by atoms with Crippen LogP contribution in [0.15, 0.2) is 0 Å². The number of nitrogens with zero attached hydrogens (tertiary/aromatic N) is 2. The van der Waals surface area contributed by atoms with Crippen molar-refractivity contribution in [2.45, 2.75) is 46.6 Å². The molecule has 0 aromatic heterocycles. The average Bonchev–Trinajstić information content (AvgIpc) is 2.31. The fraction of sp³-hybridized carbons (Fsp3) is 0.786. The van der Waals surface area contributed by atoms with Crippen molar-refractivity contribution in [2.75, 3.05) is 20.6 Å². The monoisotopic (exact) mass is 286 g/mol. The molecule has 3 amide bonds. The maximum absolute atomic E-state index is 11.9. The number of imide groups is 1. The zero-order valence-electron chi connectivity index (χ0n) is 13.5. The molecule has 20 heavy (non-hydrogen) atoms. The van der Waals surface area contributed by atoms with E-state index in [1.165, 1.54) is 18.9 Å². The van der Waals surface area contributed by atoms with Crippen molar-refractivity contribution in [2.24, 2.45) is 5.92 Å². The standard InChI is InChI=1S/C14H26N2O4/c1-10(12(18)16(7)11(2)17)8-9-15(6)13(19)20-14(3,4)5/h10H,8-9H2,1-7H3. The number of rotatable bonds is 4. The first-order chi connectivity index (χ1) is 8.95. The van der Waals surface area contributed by atoms with Crippen LogP contribution in [-0.2, 0) is 14.3 Å². The topological polar surface area (TPSA) is 66.9 Å². The van der Waals surface area contributed by atoms with Gasteiger partial charge in [0.15, 0.2) is 0 Å². The van der Waals surface area contributed by atoms with Gasteiger partial charge in [-0.1, -0.05) is 6.92 Å². The molecule has 0 radical (unpaired) electrons. The van der Waals surface area contributed by atoms with Gasteiger partial charge in [-0.15, -0.1) is 0 Å². The van der Waals surface area contributed by atoms with Crippen LogP contribution in [0.25, 0.3) is 0 Å². The third-order valence-corrected chi connectivity index (χ3v) is 2.83. The third-order valence-electron chi connectivity index (χ3n) is 2.83. The molecule has 0 aromatic rings. The van der Waals surface area contributed by atoms with Crippen molar-refractivity contribution >= 4 is 17.9 Å². The van der Waals surface area contributed by atoms with Crippen molar-refractivity contribution < 1.29 is 19.1 Å². The van der Waals surface area contributed by atoms with Gasteiger partial charge in [0.25, 0.3) is 0 Å². The summed E-state index contributed by atoms with van der Waals surface area (Å²) in [7, 11) is 3.08. The molecule has 0 saturated heterocycles. The molecule has 0 saturated carbocycles. The van der Waals surface area contributed by atoms with E-state index in [0.29, 0.717) is 13.0 Å². The van der Waals surface area contributed by atoms with Crippen molar-refractivity contribution in [1.82, 2.24) is 9.80 Å². The van der Waals surface area contributed by atoms with Crippen molar-refractivity contribution in [3.05, 3.63) is 0 Å². The van der Waals surface area contributed by atoms with Gasteiger partial charge in [-0.3, -0.25) is 14.5 Å². The van der Waals surface area contributed by atoms with Gasteiger partial charge >= 0.3 is 6.09 Å². The minimum absolute atomic E-state index is 0.241. The molecular formula is C14H26N2O4. The normalized spacial score (nSPS) is 12.6. The van der Waals surface area contributed by atoms with E-state index in [1.54, 1.807) is 34.7 Å². The molecule has 0 aliphatic heterocycles. The van der Waals surface area contributed by atoms with Crippen molar-refractivity contribution in [1.29, 1.82) is 0 Å². The lowest BCUT2D eigenvalue weighted by molar-refractivity contribution is -0.144. The summed E-state index contributed by atoms with van der Waals surface area (Å²) < 4.78 is 5.22. The van der Waals surface area contributed by atoms with Gasteiger partial charge in [-0.2, -0.15) is 0 Å². The van der Waals surface area contributed by atoms with Crippen LogP contribution in [0.3, 0.4) is 0 Å². The maximum Gasteiger partial charge on any atom is 0.410 e. The zero-order valence-corrected chi connectivity index (χ0v) is 13.5. The third kappa shape index (κ3) is 6.54. The lowest BCUT2D eigenvalue weighted by Gasteiger charge is -2.25. The summed E-state index contributed by atoms with van der Waals surface area (Å²) in [5, 5.41) is 0. The molecule has 116 valence electrons. The molecule has 0 heterocycles. The number of carbonyl (C=O) groups is 3. The summed E-state index contributed by atoms with van der Waals surface area (Å²) in [4.78, 5) is 37.2. The largest absolute Gasteiger partial charge is 0.444 e. The van der Waals surface area contributed by atoms with E-state index in [-0.39, 0.29) is 17.7 Å². The molecule has 0 bridgehead atoms. The molecule has 0 rings (SSSR count). The summed E-state index contributed by atoms with van der Waals surface area (Å²) >= 11 is 0. The molecule has 1 atom stereocenters. The molecule has 6 heteroatoms. The van der Waals surface area contributed by atoms with Crippen molar-refractivity contribution in [3.8, 4) is 0 Å². The first-order valence-corrected chi connectivity index (χ1v) is 6.68. The molecule has 6 nitrogen and oxygen atoms in total. The highest BCUT2D eigenvalue weighted by Gasteiger charge is 2.23. The lowest BCUT2D eigenvalue weighted by Crippen LogP contribution is -2.38. The smallest absolute Gasteiger partial charge is 0.410 e. The quantitative estimate of drug-likeness (QED) is 0.791. The van der Waals surface area contributed by atoms with E-state index >= 15 is 0 Å². The summed E-state index contributed by atoms with van der Waals surface area (Å²) in [5.74, 6) is -0.855. The Balaban J connectivity index is 4.31. The van der Waals surface area contributed by atoms with Crippen LogP contribution >= 0.6 is 0 Å². The highest BCUT2D eigenvalue weighted by molar-refractivity contribution is 5.94. The van der Waals surface area contributed by atoms with Crippen molar-refractivity contribution in [3.63, 3.8) is 0 Å². The van der Waals surface area contributed by atoms with E-state index < -0.39 is 11.7 Å². The van der Waals surface area contributed by atoms with Gasteiger partial charge in [0.1, 0.15) is 5.60 Å². The Hall–Kier alpha value is -1.59. The summed E-state index contributed by atoms with van der Waals surface area (Å²) in [5.41, 5.74) is -0.540. The molecular weight excluding hydrogens is 260 g/mol. The Morgan fingerprint density at radius 2 is 1.65 bits per heavy atom. The first kappa shape index (κ1) is 18.4. The van der Waals surface area contributed by atoms with Gasteiger partial charge in [-0.05, 0) is 27.2 Å². The summed E-state index contributed by atoms with van der Waals surface area (Å²) in [6, 6.07) is 0. The minimum Gasteiger partial charge on any atom is -0.444 e. The first-order valence-electron chi connectivity index (χ1n) is 6.68. The number of carbonyl (C=O) groups excluding carboxylic acids is 3. The number of hydrogen-bond acceptors (Lipinski definition) is 4. The average molecular weight is 286 g/mol. The van der Waals surface area contributed by atoms with E-state index in [9.17, 15) is 14.4 Å². The second-order valence-corrected chi connectivity index (χ2v) is 6.01. The number of hydrogen-bond donors (Lipinski definition) is 0.